The number of fused-ring (bicyclic) bond motifs is 1. The maximum Gasteiger partial charge on any atom is 0.107 e. The summed E-state index contributed by atoms with van der Waals surface area (Å²) in [6.45, 7) is 4.26. The van der Waals surface area contributed by atoms with Gasteiger partial charge in [0.05, 0.1) is 17.1 Å². The molecule has 3 rings (SSSR count). The molecule has 1 aromatic carbocycles. The maximum atomic E-state index is 4.61. The number of halogens is 1. The lowest BCUT2D eigenvalue weighted by Gasteiger charge is -2.14. The Labute approximate surface area is 103 Å². The third-order valence-corrected chi connectivity index (χ3v) is 3.90. The van der Waals surface area contributed by atoms with Gasteiger partial charge in [0.25, 0.3) is 0 Å². The lowest BCUT2D eigenvalue weighted by Crippen LogP contribution is -2.13. The fraction of sp³-hybridized carbons (Fsp3) is 0.417. The molecule has 0 amide bonds. The van der Waals surface area contributed by atoms with Gasteiger partial charge in [-0.25, -0.2) is 8.91 Å². The Morgan fingerprint density at radius 1 is 1.38 bits per heavy atom. The molecule has 1 fully saturated rings. The van der Waals surface area contributed by atoms with Crippen molar-refractivity contribution in [2.75, 3.05) is 13.1 Å². The fourth-order valence-corrected chi connectivity index (χ4v) is 3.08. The van der Waals surface area contributed by atoms with Crippen molar-refractivity contribution in [3.8, 4) is 0 Å². The Balaban J connectivity index is 2.12. The highest BCUT2D eigenvalue weighted by molar-refractivity contribution is 9.07. The first kappa shape index (κ1) is 10.3. The molecule has 0 radical (unpaired) electrons. The van der Waals surface area contributed by atoms with Crippen LogP contribution in [0, 0.1) is 6.92 Å². The maximum absolute atomic E-state index is 4.61. The van der Waals surface area contributed by atoms with Crippen LogP contribution in [0.5, 0.6) is 0 Å². The second-order valence-electron chi connectivity index (χ2n) is 4.33. The van der Waals surface area contributed by atoms with E-state index in [1.165, 1.54) is 11.9 Å². The number of benzene rings is 1. The topological polar surface area (TPSA) is 21.1 Å². The summed E-state index contributed by atoms with van der Waals surface area (Å²) >= 11 is 3.55. The molecular formula is C12H14BrN3. The van der Waals surface area contributed by atoms with Crippen LogP contribution < -0.4 is 0 Å². The number of hydrogen-bond acceptors (Lipinski definition) is 2. The van der Waals surface area contributed by atoms with Crippen LogP contribution in [0.25, 0.3) is 11.0 Å². The summed E-state index contributed by atoms with van der Waals surface area (Å²) in [5.41, 5.74) is 2.36. The van der Waals surface area contributed by atoms with Crippen LogP contribution in [-0.4, -0.2) is 26.6 Å². The number of hydrogen-bond donors (Lipinski definition) is 0. The summed E-state index contributed by atoms with van der Waals surface area (Å²) in [6.07, 6.45) is 1.19. The molecule has 0 bridgehead atoms. The molecule has 1 aliphatic heterocycles. The molecule has 3 nitrogen and oxygen atoms in total. The highest BCUT2D eigenvalue weighted by atomic mass is 79.9. The summed E-state index contributed by atoms with van der Waals surface area (Å²) in [6, 6.07) is 8.92. The summed E-state index contributed by atoms with van der Waals surface area (Å²) < 4.78 is 4.57. The van der Waals surface area contributed by atoms with Gasteiger partial charge in [-0.2, -0.15) is 0 Å². The first-order valence-electron chi connectivity index (χ1n) is 5.60. The number of aromatic nitrogens is 2. The number of nitrogens with zero attached hydrogens (tertiary/aromatic N) is 3. The molecular weight excluding hydrogens is 266 g/mol. The SMILES string of the molecule is Cc1nc2ccccc2n1C1CCN(Br)C1. The van der Waals surface area contributed by atoms with E-state index in [1.807, 2.05) is 6.07 Å². The summed E-state index contributed by atoms with van der Waals surface area (Å²) in [4.78, 5) is 4.61. The van der Waals surface area contributed by atoms with Crippen LogP contribution in [0.1, 0.15) is 18.3 Å². The molecule has 2 heterocycles. The molecule has 84 valence electrons. The molecule has 16 heavy (non-hydrogen) atoms. The predicted molar refractivity (Wildman–Crippen MR) is 68.6 cm³/mol. The highest BCUT2D eigenvalue weighted by Gasteiger charge is 2.24. The van der Waals surface area contributed by atoms with Crippen LogP contribution in [0.15, 0.2) is 24.3 Å². The fourth-order valence-electron chi connectivity index (χ4n) is 2.54. The van der Waals surface area contributed by atoms with Gasteiger partial charge >= 0.3 is 0 Å². The van der Waals surface area contributed by atoms with Crippen molar-refractivity contribution in [2.24, 2.45) is 0 Å². The van der Waals surface area contributed by atoms with Crippen molar-refractivity contribution in [2.45, 2.75) is 19.4 Å². The average molecular weight is 280 g/mol. The third kappa shape index (κ3) is 1.57. The van der Waals surface area contributed by atoms with Gasteiger partial charge in [0.15, 0.2) is 0 Å². The van der Waals surface area contributed by atoms with Crippen LogP contribution in [0.3, 0.4) is 0 Å². The lowest BCUT2D eigenvalue weighted by atomic mass is 10.2. The zero-order valence-corrected chi connectivity index (χ0v) is 10.8. The van der Waals surface area contributed by atoms with Gasteiger partial charge in [-0.05, 0) is 25.5 Å². The van der Waals surface area contributed by atoms with Crippen molar-refractivity contribution >= 4 is 27.2 Å². The predicted octanol–water partition coefficient (Wildman–Crippen LogP) is 2.90. The van der Waals surface area contributed by atoms with Gasteiger partial charge in [-0.15, -0.1) is 0 Å². The van der Waals surface area contributed by atoms with Gasteiger partial charge < -0.3 is 4.57 Å². The van der Waals surface area contributed by atoms with E-state index in [0.29, 0.717) is 6.04 Å². The zero-order chi connectivity index (χ0) is 11.1. The Morgan fingerprint density at radius 2 is 2.19 bits per heavy atom. The molecule has 0 aliphatic carbocycles. The largest absolute Gasteiger partial charge is 0.324 e. The lowest BCUT2D eigenvalue weighted by molar-refractivity contribution is 0.513. The standard InChI is InChI=1S/C12H14BrN3/c1-9-14-11-4-2-3-5-12(11)16(9)10-6-7-15(13)8-10/h2-5,10H,6-8H2,1H3. The van der Waals surface area contributed by atoms with Gasteiger partial charge in [0.2, 0.25) is 0 Å². The van der Waals surface area contributed by atoms with Crippen LogP contribution in [0.2, 0.25) is 0 Å². The van der Waals surface area contributed by atoms with E-state index < -0.39 is 0 Å². The van der Waals surface area contributed by atoms with Crippen molar-refractivity contribution in [3.63, 3.8) is 0 Å². The minimum absolute atomic E-state index is 0.548. The second-order valence-corrected chi connectivity index (χ2v) is 5.33. The molecule has 0 N–H and O–H groups in total. The third-order valence-electron chi connectivity index (χ3n) is 3.25. The summed E-state index contributed by atoms with van der Waals surface area (Å²) in [5, 5.41) is 0. The van der Waals surface area contributed by atoms with E-state index in [-0.39, 0.29) is 0 Å². The number of imidazole rings is 1. The molecule has 4 heteroatoms. The van der Waals surface area contributed by atoms with Crippen LogP contribution in [0.4, 0.5) is 0 Å². The Bertz CT molecular complexity index is 520. The molecule has 1 unspecified atom stereocenters. The normalized spacial score (nSPS) is 22.0. The van der Waals surface area contributed by atoms with E-state index in [4.69, 9.17) is 0 Å². The van der Waals surface area contributed by atoms with E-state index in [2.05, 4.69) is 54.7 Å². The van der Waals surface area contributed by atoms with E-state index in [1.54, 1.807) is 0 Å². The Morgan fingerprint density at radius 3 is 2.94 bits per heavy atom. The molecule has 0 saturated carbocycles. The molecule has 1 aromatic heterocycles. The second kappa shape index (κ2) is 3.86. The molecule has 1 aliphatic rings. The Hall–Kier alpha value is -0.870. The van der Waals surface area contributed by atoms with E-state index in [0.717, 1.165) is 24.4 Å². The van der Waals surface area contributed by atoms with E-state index >= 15 is 0 Å². The first-order chi connectivity index (χ1) is 7.75. The molecule has 0 spiro atoms. The van der Waals surface area contributed by atoms with Crippen LogP contribution >= 0.6 is 16.1 Å². The van der Waals surface area contributed by atoms with Crippen molar-refractivity contribution in [3.05, 3.63) is 30.1 Å². The van der Waals surface area contributed by atoms with Crippen molar-refractivity contribution in [1.82, 2.24) is 13.5 Å². The minimum atomic E-state index is 0.548. The van der Waals surface area contributed by atoms with Gasteiger partial charge in [-0.3, -0.25) is 0 Å². The number of para-hydroxylation sites is 2. The Kier molecular flexibility index (Phi) is 2.48. The zero-order valence-electron chi connectivity index (χ0n) is 9.23. The van der Waals surface area contributed by atoms with Crippen LogP contribution in [-0.2, 0) is 0 Å². The van der Waals surface area contributed by atoms with Crippen molar-refractivity contribution < 1.29 is 0 Å². The molecule has 1 saturated heterocycles. The van der Waals surface area contributed by atoms with Gasteiger partial charge in [-0.1, -0.05) is 12.1 Å². The summed E-state index contributed by atoms with van der Waals surface area (Å²) in [7, 11) is 0. The molecule has 2 aromatic rings. The van der Waals surface area contributed by atoms with Crippen molar-refractivity contribution in [1.29, 1.82) is 0 Å². The summed E-state index contributed by atoms with van der Waals surface area (Å²) in [5.74, 6) is 1.12. The van der Waals surface area contributed by atoms with Gasteiger partial charge in [0.1, 0.15) is 5.82 Å². The highest BCUT2D eigenvalue weighted by Crippen LogP contribution is 2.28. The molecule has 1 atom stereocenters. The van der Waals surface area contributed by atoms with E-state index in [9.17, 15) is 0 Å². The minimum Gasteiger partial charge on any atom is -0.324 e. The van der Waals surface area contributed by atoms with Gasteiger partial charge in [0, 0.05) is 29.2 Å². The number of aryl methyl sites for hydroxylation is 1. The first-order valence-corrected chi connectivity index (χ1v) is 6.31. The smallest absolute Gasteiger partial charge is 0.107 e. The average Bonchev–Trinajstić information content (AvgIpc) is 2.80. The quantitative estimate of drug-likeness (QED) is 0.749. The number of rotatable bonds is 1. The monoisotopic (exact) mass is 279 g/mol.